The summed E-state index contributed by atoms with van der Waals surface area (Å²) in [5, 5.41) is 1.59. The van der Waals surface area contributed by atoms with Gasteiger partial charge < -0.3 is 0 Å². The molecule has 2 aromatic carbocycles. The van der Waals surface area contributed by atoms with Gasteiger partial charge in [0.25, 0.3) is 0 Å². The molecular weight excluding hydrogens is 427 g/mol. The fourth-order valence-corrected chi connectivity index (χ4v) is 5.72. The molecule has 0 atom stereocenters. The van der Waals surface area contributed by atoms with E-state index in [2.05, 4.69) is 32.0 Å². The summed E-state index contributed by atoms with van der Waals surface area (Å²) in [5.74, 6) is 0. The SMILES string of the molecule is Cc1ccc(Sc2nc([As]c3ccc(Cl)cc3)c(=O)n(C)c2C)c(C)c1. The molecular formula is C20H19AsClN2OS. The van der Waals surface area contributed by atoms with Crippen LogP contribution in [-0.2, 0) is 7.05 Å². The summed E-state index contributed by atoms with van der Waals surface area (Å²) < 4.78 is 3.46. The van der Waals surface area contributed by atoms with E-state index in [1.807, 2.05) is 38.2 Å². The molecule has 0 spiro atoms. The Morgan fingerprint density at radius 2 is 1.77 bits per heavy atom. The fraction of sp³-hybridized carbons (Fsp3) is 0.200. The Morgan fingerprint density at radius 3 is 2.42 bits per heavy atom. The van der Waals surface area contributed by atoms with E-state index in [9.17, 15) is 4.79 Å². The predicted molar refractivity (Wildman–Crippen MR) is 111 cm³/mol. The van der Waals surface area contributed by atoms with E-state index < -0.39 is 15.8 Å². The number of hydrogen-bond acceptors (Lipinski definition) is 3. The molecule has 0 aliphatic carbocycles. The van der Waals surface area contributed by atoms with Crippen LogP contribution in [0.3, 0.4) is 0 Å². The first kappa shape index (κ1) is 19.3. The van der Waals surface area contributed by atoms with Gasteiger partial charge in [-0.15, -0.1) is 0 Å². The fourth-order valence-electron chi connectivity index (χ4n) is 2.50. The molecule has 0 amide bonds. The molecule has 6 heteroatoms. The minimum atomic E-state index is -0.488. The molecule has 0 aliphatic heterocycles. The van der Waals surface area contributed by atoms with Crippen molar-refractivity contribution in [3.05, 3.63) is 74.7 Å². The molecule has 0 bridgehead atoms. The molecule has 0 aliphatic rings. The minimum absolute atomic E-state index is 0.0116. The number of nitrogens with zero attached hydrogens (tertiary/aromatic N) is 2. The molecule has 0 N–H and O–H groups in total. The normalized spacial score (nSPS) is 11.4. The van der Waals surface area contributed by atoms with Crippen LogP contribution in [0.25, 0.3) is 0 Å². The summed E-state index contributed by atoms with van der Waals surface area (Å²) >= 11 is 7.09. The number of aryl methyl sites for hydroxylation is 2. The van der Waals surface area contributed by atoms with Gasteiger partial charge in [0.2, 0.25) is 0 Å². The molecule has 1 aromatic heterocycles. The van der Waals surface area contributed by atoms with E-state index in [4.69, 9.17) is 16.6 Å². The molecule has 133 valence electrons. The van der Waals surface area contributed by atoms with Gasteiger partial charge in [-0.25, -0.2) is 0 Å². The summed E-state index contributed by atoms with van der Waals surface area (Å²) in [6.45, 7) is 6.14. The first-order valence-electron chi connectivity index (χ1n) is 8.15. The molecule has 0 saturated carbocycles. The van der Waals surface area contributed by atoms with Crippen LogP contribution in [0, 0.1) is 20.8 Å². The Bertz CT molecular complexity index is 1020. The summed E-state index contributed by atoms with van der Waals surface area (Å²) in [5.41, 5.74) is 3.34. The summed E-state index contributed by atoms with van der Waals surface area (Å²) in [6.07, 6.45) is 0. The second-order valence-corrected chi connectivity index (χ2v) is 10.1. The third-order valence-electron chi connectivity index (χ3n) is 4.11. The van der Waals surface area contributed by atoms with Gasteiger partial charge in [-0.1, -0.05) is 0 Å². The molecule has 3 aromatic rings. The van der Waals surface area contributed by atoms with Gasteiger partial charge in [0.05, 0.1) is 0 Å². The third-order valence-corrected chi connectivity index (χ3v) is 7.85. The Balaban J connectivity index is 1.99. The average molecular weight is 446 g/mol. The van der Waals surface area contributed by atoms with E-state index >= 15 is 0 Å². The Labute approximate surface area is 169 Å². The molecule has 1 radical (unpaired) electrons. The van der Waals surface area contributed by atoms with E-state index in [0.717, 1.165) is 15.1 Å². The molecule has 3 nitrogen and oxygen atoms in total. The van der Waals surface area contributed by atoms with Gasteiger partial charge in [-0.3, -0.25) is 0 Å². The quantitative estimate of drug-likeness (QED) is 0.579. The van der Waals surface area contributed by atoms with Crippen LogP contribution in [0.15, 0.2) is 57.2 Å². The number of hydrogen-bond donors (Lipinski definition) is 0. The average Bonchev–Trinajstić information content (AvgIpc) is 2.61. The first-order chi connectivity index (χ1) is 12.3. The van der Waals surface area contributed by atoms with Crippen molar-refractivity contribution in [2.45, 2.75) is 30.7 Å². The van der Waals surface area contributed by atoms with Crippen molar-refractivity contribution in [2.75, 3.05) is 0 Å². The van der Waals surface area contributed by atoms with Crippen LogP contribution < -0.4 is 14.4 Å². The van der Waals surface area contributed by atoms with Crippen molar-refractivity contribution in [3.8, 4) is 0 Å². The van der Waals surface area contributed by atoms with Crippen molar-refractivity contribution in [3.63, 3.8) is 0 Å². The zero-order chi connectivity index (χ0) is 18.8. The third kappa shape index (κ3) is 4.25. The maximum absolute atomic E-state index is 12.7. The van der Waals surface area contributed by atoms with E-state index in [0.29, 0.717) is 9.50 Å². The summed E-state index contributed by atoms with van der Waals surface area (Å²) in [7, 11) is 1.82. The van der Waals surface area contributed by atoms with Crippen LogP contribution in [0.2, 0.25) is 5.02 Å². The molecule has 0 saturated heterocycles. The Kier molecular flexibility index (Phi) is 5.96. The molecule has 3 rings (SSSR count). The standard InChI is InChI=1S/C20H19AsClN2OS/c1-12-5-10-17(13(2)11-12)26-19-14(3)24(4)20(25)18(23-19)21-15-6-8-16(22)9-7-15/h5-11H,1-4H3. The molecule has 1 heterocycles. The first-order valence-corrected chi connectivity index (χ1v) is 11.2. The van der Waals surface area contributed by atoms with Crippen LogP contribution >= 0.6 is 23.4 Å². The second kappa shape index (κ2) is 8.04. The second-order valence-electron chi connectivity index (χ2n) is 6.15. The van der Waals surface area contributed by atoms with Crippen molar-refractivity contribution in [1.82, 2.24) is 9.55 Å². The van der Waals surface area contributed by atoms with Crippen molar-refractivity contribution in [2.24, 2.45) is 7.05 Å². The topological polar surface area (TPSA) is 34.9 Å². The monoisotopic (exact) mass is 445 g/mol. The summed E-state index contributed by atoms with van der Waals surface area (Å²) in [4.78, 5) is 18.6. The van der Waals surface area contributed by atoms with Crippen LogP contribution in [0.5, 0.6) is 0 Å². The number of aromatic nitrogens is 2. The van der Waals surface area contributed by atoms with Gasteiger partial charge in [-0.2, -0.15) is 0 Å². The Morgan fingerprint density at radius 1 is 1.08 bits per heavy atom. The van der Waals surface area contributed by atoms with Gasteiger partial charge >= 0.3 is 170 Å². The predicted octanol–water partition coefficient (Wildman–Crippen LogP) is 3.17. The zero-order valence-electron chi connectivity index (χ0n) is 15.1. The summed E-state index contributed by atoms with van der Waals surface area (Å²) in [6, 6.07) is 14.1. The number of benzene rings is 2. The van der Waals surface area contributed by atoms with Crippen LogP contribution in [0.1, 0.15) is 16.8 Å². The van der Waals surface area contributed by atoms with Gasteiger partial charge in [0.1, 0.15) is 0 Å². The number of rotatable bonds is 4. The maximum atomic E-state index is 12.7. The van der Waals surface area contributed by atoms with Crippen LogP contribution in [-0.4, -0.2) is 25.3 Å². The van der Waals surface area contributed by atoms with E-state index in [1.54, 1.807) is 16.3 Å². The van der Waals surface area contributed by atoms with Gasteiger partial charge in [0, 0.05) is 0 Å². The van der Waals surface area contributed by atoms with Gasteiger partial charge in [0.15, 0.2) is 0 Å². The Hall–Kier alpha value is -1.48. The van der Waals surface area contributed by atoms with E-state index in [1.165, 1.54) is 16.0 Å². The van der Waals surface area contributed by atoms with Gasteiger partial charge in [-0.05, 0) is 0 Å². The zero-order valence-corrected chi connectivity index (χ0v) is 18.5. The van der Waals surface area contributed by atoms with Crippen molar-refractivity contribution < 1.29 is 0 Å². The molecule has 0 fully saturated rings. The number of halogens is 1. The molecule has 26 heavy (non-hydrogen) atoms. The van der Waals surface area contributed by atoms with Crippen molar-refractivity contribution >= 4 is 47.9 Å². The molecule has 0 unspecified atom stereocenters. The van der Waals surface area contributed by atoms with Crippen LogP contribution in [0.4, 0.5) is 0 Å². The van der Waals surface area contributed by atoms with Crippen molar-refractivity contribution in [1.29, 1.82) is 0 Å². The van der Waals surface area contributed by atoms with E-state index in [-0.39, 0.29) is 5.56 Å².